The fourth-order valence-corrected chi connectivity index (χ4v) is 3.14. The van der Waals surface area contributed by atoms with Crippen molar-refractivity contribution in [1.82, 2.24) is 15.3 Å². The number of nitrogens with one attached hydrogen (secondary N) is 1. The van der Waals surface area contributed by atoms with Crippen LogP contribution in [0.1, 0.15) is 28.0 Å². The maximum Gasteiger partial charge on any atom is 0.251 e. The predicted octanol–water partition coefficient (Wildman–Crippen LogP) is 1.56. The molecule has 1 aromatic heterocycles. The summed E-state index contributed by atoms with van der Waals surface area (Å²) in [6.45, 7) is 0.203. The minimum absolute atomic E-state index is 0.0826. The van der Waals surface area contributed by atoms with Crippen LogP contribution in [-0.2, 0) is 12.8 Å². The van der Waals surface area contributed by atoms with Crippen molar-refractivity contribution in [3.63, 3.8) is 0 Å². The van der Waals surface area contributed by atoms with Crippen LogP contribution in [0.25, 0.3) is 0 Å². The van der Waals surface area contributed by atoms with Crippen molar-refractivity contribution in [1.29, 1.82) is 0 Å². The van der Waals surface area contributed by atoms with E-state index in [-0.39, 0.29) is 18.7 Å². The van der Waals surface area contributed by atoms with Gasteiger partial charge in [0.2, 0.25) is 12.7 Å². The number of aromatic nitrogens is 2. The lowest BCUT2D eigenvalue weighted by molar-refractivity contribution is 0.0933. The number of aryl methyl sites for hydroxylation is 1. The number of ether oxygens (including phenoxy) is 2. The molecule has 0 unspecified atom stereocenters. The first-order valence-corrected chi connectivity index (χ1v) is 8.33. The van der Waals surface area contributed by atoms with E-state index in [1.807, 2.05) is 25.2 Å². The van der Waals surface area contributed by atoms with Crippen LogP contribution in [0.4, 0.5) is 5.95 Å². The van der Waals surface area contributed by atoms with Gasteiger partial charge in [-0.05, 0) is 43.0 Å². The number of anilines is 1. The van der Waals surface area contributed by atoms with E-state index >= 15 is 0 Å². The van der Waals surface area contributed by atoms with Crippen LogP contribution in [0.2, 0.25) is 0 Å². The van der Waals surface area contributed by atoms with Crippen molar-refractivity contribution >= 4 is 11.9 Å². The molecule has 7 nitrogen and oxygen atoms in total. The van der Waals surface area contributed by atoms with Gasteiger partial charge in [-0.25, -0.2) is 9.97 Å². The number of nitrogens with zero attached hydrogens (tertiary/aromatic N) is 3. The largest absolute Gasteiger partial charge is 0.454 e. The van der Waals surface area contributed by atoms with Crippen molar-refractivity contribution in [2.75, 3.05) is 25.8 Å². The minimum Gasteiger partial charge on any atom is -0.454 e. The minimum atomic E-state index is -0.0995. The fraction of sp³-hybridized carbons (Fsp3) is 0.389. The highest BCUT2D eigenvalue weighted by Gasteiger charge is 2.23. The highest BCUT2D eigenvalue weighted by molar-refractivity contribution is 5.95. The van der Waals surface area contributed by atoms with Crippen LogP contribution in [0.15, 0.2) is 24.4 Å². The van der Waals surface area contributed by atoms with E-state index in [0.29, 0.717) is 17.1 Å². The number of amides is 1. The molecular formula is C18H20N4O3. The summed E-state index contributed by atoms with van der Waals surface area (Å²) in [5, 5.41) is 3.10. The summed E-state index contributed by atoms with van der Waals surface area (Å²) in [6, 6.07) is 5.33. The molecule has 1 aliphatic carbocycles. The third-order valence-electron chi connectivity index (χ3n) is 4.51. The van der Waals surface area contributed by atoms with Crippen LogP contribution in [0, 0.1) is 0 Å². The van der Waals surface area contributed by atoms with Crippen molar-refractivity contribution in [3.05, 3.63) is 41.2 Å². The zero-order valence-corrected chi connectivity index (χ0v) is 14.3. The Balaban J connectivity index is 1.44. The van der Waals surface area contributed by atoms with E-state index in [1.165, 1.54) is 0 Å². The van der Waals surface area contributed by atoms with Gasteiger partial charge in [-0.2, -0.15) is 0 Å². The molecule has 7 heteroatoms. The normalized spacial score (nSPS) is 17.8. The van der Waals surface area contributed by atoms with Crippen molar-refractivity contribution in [2.24, 2.45) is 0 Å². The molecule has 1 aliphatic heterocycles. The Labute approximate surface area is 146 Å². The van der Waals surface area contributed by atoms with E-state index in [2.05, 4.69) is 15.3 Å². The first-order valence-electron chi connectivity index (χ1n) is 8.33. The molecule has 2 aliphatic rings. The van der Waals surface area contributed by atoms with Gasteiger partial charge in [0.1, 0.15) is 0 Å². The molecule has 0 saturated heterocycles. The Morgan fingerprint density at radius 3 is 2.96 bits per heavy atom. The standard InChI is InChI=1S/C18H20N4O3/c1-22(2)18-19-9-12-7-13(4-5-14(12)21-18)20-17(23)11-3-6-15-16(8-11)25-10-24-15/h3,6,8-9,13H,4-5,7,10H2,1-2H3,(H,20,23)/t13-/m1/s1. The molecule has 1 N–H and O–H groups in total. The molecule has 1 aromatic carbocycles. The van der Waals surface area contributed by atoms with Crippen molar-refractivity contribution < 1.29 is 14.3 Å². The summed E-state index contributed by atoms with van der Waals surface area (Å²) in [6.07, 6.45) is 4.33. The van der Waals surface area contributed by atoms with E-state index < -0.39 is 0 Å². The molecule has 2 aromatic rings. The van der Waals surface area contributed by atoms with Gasteiger partial charge < -0.3 is 19.7 Å². The molecule has 0 fully saturated rings. The highest BCUT2D eigenvalue weighted by Crippen LogP contribution is 2.32. The number of carbonyl (C=O) groups is 1. The van der Waals surface area contributed by atoms with Crippen molar-refractivity contribution in [2.45, 2.75) is 25.3 Å². The lowest BCUT2D eigenvalue weighted by Crippen LogP contribution is -2.39. The Kier molecular flexibility index (Phi) is 3.91. The third-order valence-corrected chi connectivity index (χ3v) is 4.51. The number of benzene rings is 1. The van der Waals surface area contributed by atoms with Gasteiger partial charge in [-0.3, -0.25) is 4.79 Å². The van der Waals surface area contributed by atoms with Gasteiger partial charge in [-0.15, -0.1) is 0 Å². The topological polar surface area (TPSA) is 76.6 Å². The molecule has 1 atom stereocenters. The number of carbonyl (C=O) groups excluding carboxylic acids is 1. The van der Waals surface area contributed by atoms with Crippen LogP contribution in [0.5, 0.6) is 11.5 Å². The first-order chi connectivity index (χ1) is 12.1. The summed E-state index contributed by atoms with van der Waals surface area (Å²) in [5.41, 5.74) is 2.76. The molecule has 0 saturated carbocycles. The number of fused-ring (bicyclic) bond motifs is 2. The second-order valence-corrected chi connectivity index (χ2v) is 6.52. The van der Waals surface area contributed by atoms with E-state index in [4.69, 9.17) is 9.47 Å². The Bertz CT molecular complexity index is 822. The predicted molar refractivity (Wildman–Crippen MR) is 92.2 cm³/mol. The molecule has 4 rings (SSSR count). The smallest absolute Gasteiger partial charge is 0.251 e. The molecule has 1 amide bonds. The van der Waals surface area contributed by atoms with Gasteiger partial charge in [0.15, 0.2) is 11.5 Å². The zero-order valence-electron chi connectivity index (χ0n) is 14.3. The number of rotatable bonds is 3. The molecule has 0 radical (unpaired) electrons. The summed E-state index contributed by atoms with van der Waals surface area (Å²) in [5.74, 6) is 1.92. The van der Waals surface area contributed by atoms with Crippen LogP contribution < -0.4 is 19.7 Å². The van der Waals surface area contributed by atoms with Gasteiger partial charge in [-0.1, -0.05) is 0 Å². The average molecular weight is 340 g/mol. The van der Waals surface area contributed by atoms with Gasteiger partial charge in [0, 0.05) is 37.6 Å². The third kappa shape index (κ3) is 3.09. The summed E-state index contributed by atoms with van der Waals surface area (Å²) < 4.78 is 10.6. The second kappa shape index (κ2) is 6.23. The van der Waals surface area contributed by atoms with E-state index in [9.17, 15) is 4.79 Å². The molecular weight excluding hydrogens is 320 g/mol. The van der Waals surface area contributed by atoms with E-state index in [0.717, 1.165) is 36.5 Å². The van der Waals surface area contributed by atoms with E-state index in [1.54, 1.807) is 18.2 Å². The molecule has 0 bridgehead atoms. The SMILES string of the molecule is CN(C)c1ncc2c(n1)CC[C@@H](NC(=O)c1ccc3c(c1)OCO3)C2. The average Bonchev–Trinajstić information content (AvgIpc) is 3.08. The quantitative estimate of drug-likeness (QED) is 0.914. The van der Waals surface area contributed by atoms with Gasteiger partial charge in [0.05, 0.1) is 0 Å². The maximum atomic E-state index is 12.5. The zero-order chi connectivity index (χ0) is 17.4. The molecule has 25 heavy (non-hydrogen) atoms. The van der Waals surface area contributed by atoms with Crippen LogP contribution >= 0.6 is 0 Å². The summed E-state index contributed by atoms with van der Waals surface area (Å²) in [4.78, 5) is 23.4. The Morgan fingerprint density at radius 1 is 1.28 bits per heavy atom. The lowest BCUT2D eigenvalue weighted by Gasteiger charge is -2.25. The monoisotopic (exact) mass is 340 g/mol. The van der Waals surface area contributed by atoms with Crippen LogP contribution in [0.3, 0.4) is 0 Å². The van der Waals surface area contributed by atoms with Crippen molar-refractivity contribution in [3.8, 4) is 11.5 Å². The maximum absolute atomic E-state index is 12.5. The van der Waals surface area contributed by atoms with Crippen LogP contribution in [-0.4, -0.2) is 42.8 Å². The highest BCUT2D eigenvalue weighted by atomic mass is 16.7. The number of hydrogen-bond acceptors (Lipinski definition) is 6. The molecule has 0 spiro atoms. The number of hydrogen-bond donors (Lipinski definition) is 1. The Hall–Kier alpha value is -2.83. The summed E-state index contributed by atoms with van der Waals surface area (Å²) >= 11 is 0. The summed E-state index contributed by atoms with van der Waals surface area (Å²) in [7, 11) is 3.86. The van der Waals surface area contributed by atoms with Gasteiger partial charge in [0.25, 0.3) is 5.91 Å². The second-order valence-electron chi connectivity index (χ2n) is 6.52. The lowest BCUT2D eigenvalue weighted by atomic mass is 9.92. The van der Waals surface area contributed by atoms with Gasteiger partial charge >= 0.3 is 0 Å². The fourth-order valence-electron chi connectivity index (χ4n) is 3.14. The molecule has 130 valence electrons. The first kappa shape index (κ1) is 15.7. The Morgan fingerprint density at radius 2 is 2.12 bits per heavy atom. The molecule has 2 heterocycles.